The van der Waals surface area contributed by atoms with Crippen molar-refractivity contribution in [3.8, 4) is 0 Å². The molecule has 3 nitrogen and oxygen atoms in total. The molecule has 1 aliphatic carbocycles. The molecule has 0 aromatic heterocycles. The monoisotopic (exact) mass is 214 g/mol. The highest BCUT2D eigenvalue weighted by atomic mass is 16.5. The predicted molar refractivity (Wildman–Crippen MR) is 57.7 cm³/mol. The maximum absolute atomic E-state index is 9.98. The van der Waals surface area contributed by atoms with E-state index < -0.39 is 0 Å². The lowest BCUT2D eigenvalue weighted by Gasteiger charge is -2.36. The Morgan fingerprint density at radius 2 is 2.27 bits per heavy atom. The van der Waals surface area contributed by atoms with Crippen LogP contribution in [0.3, 0.4) is 0 Å². The van der Waals surface area contributed by atoms with Crippen LogP contribution < -0.4 is 0 Å². The Morgan fingerprint density at radius 3 is 2.87 bits per heavy atom. The Balaban J connectivity index is 1.61. The molecule has 1 saturated carbocycles. The Bertz CT molecular complexity index is 183. The van der Waals surface area contributed by atoms with Crippen molar-refractivity contribution in [3.63, 3.8) is 0 Å². The van der Waals surface area contributed by atoms with Gasteiger partial charge in [0, 0.05) is 19.1 Å². The van der Waals surface area contributed by atoms with Crippen LogP contribution in [-0.2, 0) is 9.47 Å². The second-order valence-corrected chi connectivity index (χ2v) is 4.84. The molecule has 0 aromatic carbocycles. The molecule has 2 aliphatic rings. The standard InChI is InChI=1S/C12H22O3/c1-2-15-11-5-9(6-11)7-12(13)10-3-4-14-8-10/h9-13H,2-8H2,1H3. The second-order valence-electron chi connectivity index (χ2n) is 4.84. The normalized spacial score (nSPS) is 37.6. The highest BCUT2D eigenvalue weighted by Crippen LogP contribution is 2.35. The topological polar surface area (TPSA) is 38.7 Å². The van der Waals surface area contributed by atoms with Gasteiger partial charge in [-0.05, 0) is 38.5 Å². The quantitative estimate of drug-likeness (QED) is 0.755. The summed E-state index contributed by atoms with van der Waals surface area (Å²) in [7, 11) is 0. The van der Waals surface area contributed by atoms with Crippen molar-refractivity contribution < 1.29 is 14.6 Å². The van der Waals surface area contributed by atoms with Gasteiger partial charge < -0.3 is 14.6 Å². The Hall–Kier alpha value is -0.120. The highest BCUT2D eigenvalue weighted by molar-refractivity contribution is 4.84. The predicted octanol–water partition coefficient (Wildman–Crippen LogP) is 1.59. The summed E-state index contributed by atoms with van der Waals surface area (Å²) in [6.07, 6.45) is 4.56. The molecule has 88 valence electrons. The summed E-state index contributed by atoms with van der Waals surface area (Å²) in [5.41, 5.74) is 0. The molecule has 2 atom stereocenters. The average molecular weight is 214 g/mol. The fourth-order valence-corrected chi connectivity index (χ4v) is 2.63. The number of hydrogen-bond donors (Lipinski definition) is 1. The molecule has 0 aromatic rings. The third kappa shape index (κ3) is 2.92. The molecule has 0 spiro atoms. The van der Waals surface area contributed by atoms with E-state index in [0.717, 1.165) is 45.5 Å². The van der Waals surface area contributed by atoms with Gasteiger partial charge in [0.25, 0.3) is 0 Å². The molecule has 1 heterocycles. The van der Waals surface area contributed by atoms with E-state index in [2.05, 4.69) is 0 Å². The number of aliphatic hydroxyl groups is 1. The molecule has 1 N–H and O–H groups in total. The van der Waals surface area contributed by atoms with E-state index in [1.54, 1.807) is 0 Å². The van der Waals surface area contributed by atoms with E-state index in [-0.39, 0.29) is 6.10 Å². The van der Waals surface area contributed by atoms with Crippen molar-refractivity contribution in [3.05, 3.63) is 0 Å². The van der Waals surface area contributed by atoms with Gasteiger partial charge in [-0.25, -0.2) is 0 Å². The first kappa shape index (κ1) is 11.4. The van der Waals surface area contributed by atoms with Gasteiger partial charge in [0.05, 0.1) is 18.8 Å². The molecule has 0 radical (unpaired) electrons. The highest BCUT2D eigenvalue weighted by Gasteiger charge is 2.33. The smallest absolute Gasteiger partial charge is 0.0593 e. The van der Waals surface area contributed by atoms with Crippen LogP contribution in [0, 0.1) is 11.8 Å². The van der Waals surface area contributed by atoms with Crippen LogP contribution in [-0.4, -0.2) is 37.1 Å². The summed E-state index contributed by atoms with van der Waals surface area (Å²) in [5, 5.41) is 9.98. The zero-order chi connectivity index (χ0) is 10.7. The maximum Gasteiger partial charge on any atom is 0.0593 e. The van der Waals surface area contributed by atoms with E-state index in [4.69, 9.17) is 9.47 Å². The maximum atomic E-state index is 9.98. The number of rotatable bonds is 5. The second kappa shape index (κ2) is 5.28. The van der Waals surface area contributed by atoms with Crippen molar-refractivity contribution in [2.45, 2.75) is 44.8 Å². The van der Waals surface area contributed by atoms with E-state index in [1.165, 1.54) is 0 Å². The van der Waals surface area contributed by atoms with Gasteiger partial charge in [-0.15, -0.1) is 0 Å². The Kier molecular flexibility index (Phi) is 4.00. The molecule has 2 fully saturated rings. The average Bonchev–Trinajstić information content (AvgIpc) is 2.67. The van der Waals surface area contributed by atoms with Gasteiger partial charge in [-0.1, -0.05) is 0 Å². The van der Waals surface area contributed by atoms with E-state index >= 15 is 0 Å². The van der Waals surface area contributed by atoms with Crippen LogP contribution in [0.5, 0.6) is 0 Å². The summed E-state index contributed by atoms with van der Waals surface area (Å²) in [6.45, 7) is 4.44. The van der Waals surface area contributed by atoms with Crippen molar-refractivity contribution in [2.24, 2.45) is 11.8 Å². The summed E-state index contributed by atoms with van der Waals surface area (Å²) in [6, 6.07) is 0. The summed E-state index contributed by atoms with van der Waals surface area (Å²) in [4.78, 5) is 0. The van der Waals surface area contributed by atoms with Gasteiger partial charge in [-0.2, -0.15) is 0 Å². The molecular formula is C12H22O3. The first-order valence-electron chi connectivity index (χ1n) is 6.17. The van der Waals surface area contributed by atoms with E-state index in [1.807, 2.05) is 6.92 Å². The summed E-state index contributed by atoms with van der Waals surface area (Å²) >= 11 is 0. The number of hydrogen-bond acceptors (Lipinski definition) is 3. The van der Waals surface area contributed by atoms with Gasteiger partial charge in [0.15, 0.2) is 0 Å². The fraction of sp³-hybridized carbons (Fsp3) is 1.00. The lowest BCUT2D eigenvalue weighted by atomic mass is 9.77. The van der Waals surface area contributed by atoms with Gasteiger partial charge in [0.1, 0.15) is 0 Å². The summed E-state index contributed by atoms with van der Waals surface area (Å²) in [5.74, 6) is 1.06. The van der Waals surface area contributed by atoms with Crippen molar-refractivity contribution >= 4 is 0 Å². The molecule has 0 amide bonds. The first-order valence-corrected chi connectivity index (χ1v) is 6.17. The van der Waals surface area contributed by atoms with Crippen LogP contribution in [0.4, 0.5) is 0 Å². The molecule has 2 rings (SSSR count). The third-order valence-electron chi connectivity index (χ3n) is 3.68. The zero-order valence-electron chi connectivity index (χ0n) is 9.52. The van der Waals surface area contributed by atoms with E-state index in [9.17, 15) is 5.11 Å². The first-order chi connectivity index (χ1) is 7.29. The third-order valence-corrected chi connectivity index (χ3v) is 3.68. The molecule has 1 aliphatic heterocycles. The summed E-state index contributed by atoms with van der Waals surface area (Å²) < 4.78 is 10.8. The fourth-order valence-electron chi connectivity index (χ4n) is 2.63. The molecule has 1 saturated heterocycles. The minimum absolute atomic E-state index is 0.153. The zero-order valence-corrected chi connectivity index (χ0v) is 9.52. The van der Waals surface area contributed by atoms with Crippen molar-refractivity contribution in [1.29, 1.82) is 0 Å². The van der Waals surface area contributed by atoms with E-state index in [0.29, 0.717) is 17.9 Å². The number of ether oxygens (including phenoxy) is 2. The van der Waals surface area contributed by atoms with Gasteiger partial charge >= 0.3 is 0 Å². The van der Waals surface area contributed by atoms with Crippen molar-refractivity contribution in [1.82, 2.24) is 0 Å². The van der Waals surface area contributed by atoms with Crippen LogP contribution in [0.15, 0.2) is 0 Å². The molecule has 2 unspecified atom stereocenters. The minimum atomic E-state index is -0.153. The number of aliphatic hydroxyl groups excluding tert-OH is 1. The van der Waals surface area contributed by atoms with Crippen LogP contribution in [0.2, 0.25) is 0 Å². The minimum Gasteiger partial charge on any atom is -0.393 e. The van der Waals surface area contributed by atoms with Gasteiger partial charge in [-0.3, -0.25) is 0 Å². The van der Waals surface area contributed by atoms with Crippen LogP contribution in [0.1, 0.15) is 32.6 Å². The lowest BCUT2D eigenvalue weighted by Crippen LogP contribution is -2.35. The Morgan fingerprint density at radius 1 is 1.47 bits per heavy atom. The molecule has 0 bridgehead atoms. The van der Waals surface area contributed by atoms with Gasteiger partial charge in [0.2, 0.25) is 0 Å². The molecular weight excluding hydrogens is 192 g/mol. The van der Waals surface area contributed by atoms with Crippen LogP contribution >= 0.6 is 0 Å². The van der Waals surface area contributed by atoms with Crippen molar-refractivity contribution in [2.75, 3.05) is 19.8 Å². The molecule has 15 heavy (non-hydrogen) atoms. The Labute approximate surface area is 91.8 Å². The molecule has 3 heteroatoms. The van der Waals surface area contributed by atoms with Crippen LogP contribution in [0.25, 0.3) is 0 Å². The lowest BCUT2D eigenvalue weighted by molar-refractivity contribution is -0.0439. The largest absolute Gasteiger partial charge is 0.393 e. The SMILES string of the molecule is CCOC1CC(CC(O)C2CCOC2)C1.